The number of anilines is 1. The van der Waals surface area contributed by atoms with Crippen LogP contribution < -0.4 is 5.32 Å². The van der Waals surface area contributed by atoms with Crippen LogP contribution in [0.25, 0.3) is 0 Å². The van der Waals surface area contributed by atoms with Gasteiger partial charge < -0.3 is 9.88 Å². The third-order valence-electron chi connectivity index (χ3n) is 1.94. The van der Waals surface area contributed by atoms with Gasteiger partial charge in [-0.3, -0.25) is 9.59 Å². The lowest BCUT2D eigenvalue weighted by molar-refractivity contribution is -0.123. The van der Waals surface area contributed by atoms with Crippen LogP contribution in [0.4, 0.5) is 5.82 Å². The van der Waals surface area contributed by atoms with Crippen LogP contribution in [0.1, 0.15) is 31.4 Å². The minimum absolute atomic E-state index is 0.127. The number of imidazole rings is 1. The predicted octanol–water partition coefficient (Wildman–Crippen LogP) is 1.22. The molecule has 0 aromatic carbocycles. The zero-order valence-electron chi connectivity index (χ0n) is 9.37. The van der Waals surface area contributed by atoms with Crippen molar-refractivity contribution in [1.82, 2.24) is 9.55 Å². The second-order valence-electron chi connectivity index (χ2n) is 4.42. The van der Waals surface area contributed by atoms with Gasteiger partial charge in [0.1, 0.15) is 0 Å². The number of hydrogen-bond donors (Lipinski definition) is 1. The molecular weight excluding hydrogens is 194 g/mol. The number of nitrogens with zero attached hydrogens (tertiary/aromatic N) is 2. The molecule has 0 aliphatic heterocycles. The largest absolute Gasteiger partial charge is 0.330 e. The topological polar surface area (TPSA) is 64.0 Å². The van der Waals surface area contributed by atoms with Gasteiger partial charge in [-0.1, -0.05) is 20.8 Å². The summed E-state index contributed by atoms with van der Waals surface area (Å²) in [7, 11) is 1.70. The monoisotopic (exact) mass is 209 g/mol. The zero-order valence-corrected chi connectivity index (χ0v) is 9.37. The van der Waals surface area contributed by atoms with Gasteiger partial charge >= 0.3 is 0 Å². The summed E-state index contributed by atoms with van der Waals surface area (Å²) in [4.78, 5) is 26.1. The van der Waals surface area contributed by atoms with Crippen molar-refractivity contribution in [2.24, 2.45) is 12.5 Å². The van der Waals surface area contributed by atoms with Crippen LogP contribution in [0.2, 0.25) is 0 Å². The lowest BCUT2D eigenvalue weighted by Gasteiger charge is -2.16. The lowest BCUT2D eigenvalue weighted by Crippen LogP contribution is -2.27. The standard InChI is InChI=1S/C10H15N3O2/c1-10(2,3)9(15)12-7-5-13(4)8(6-14)11-7/h5-6H,1-4H3,(H,12,15). The van der Waals surface area contributed by atoms with Crippen LogP contribution in [-0.4, -0.2) is 21.7 Å². The summed E-state index contributed by atoms with van der Waals surface area (Å²) >= 11 is 0. The molecule has 0 spiro atoms. The molecule has 0 bridgehead atoms. The zero-order chi connectivity index (χ0) is 11.6. The average molecular weight is 209 g/mol. The molecule has 0 aliphatic carbocycles. The molecule has 5 nitrogen and oxygen atoms in total. The van der Waals surface area contributed by atoms with E-state index in [1.165, 1.54) is 0 Å². The minimum Gasteiger partial charge on any atom is -0.330 e. The van der Waals surface area contributed by atoms with Crippen LogP contribution in [0.15, 0.2) is 6.20 Å². The highest BCUT2D eigenvalue weighted by molar-refractivity contribution is 5.93. The maximum absolute atomic E-state index is 11.6. The number of carbonyl (C=O) groups is 2. The Hall–Kier alpha value is -1.65. The number of aryl methyl sites for hydroxylation is 1. The molecule has 0 saturated carbocycles. The molecule has 0 fully saturated rings. The van der Waals surface area contributed by atoms with E-state index in [-0.39, 0.29) is 5.91 Å². The number of aldehydes is 1. The Kier molecular flexibility index (Phi) is 2.93. The van der Waals surface area contributed by atoms with E-state index in [1.54, 1.807) is 17.8 Å². The maximum Gasteiger partial charge on any atom is 0.230 e. The molecule has 0 radical (unpaired) electrons. The van der Waals surface area contributed by atoms with Crippen LogP contribution >= 0.6 is 0 Å². The molecule has 5 heteroatoms. The van der Waals surface area contributed by atoms with Crippen LogP contribution in [0.3, 0.4) is 0 Å². The minimum atomic E-state index is -0.473. The maximum atomic E-state index is 11.6. The first-order valence-corrected chi connectivity index (χ1v) is 4.64. The molecule has 0 saturated heterocycles. The van der Waals surface area contributed by atoms with Crippen molar-refractivity contribution in [1.29, 1.82) is 0 Å². The average Bonchev–Trinajstić information content (AvgIpc) is 2.44. The SMILES string of the molecule is Cn1cc(NC(=O)C(C)(C)C)nc1C=O. The summed E-state index contributed by atoms with van der Waals surface area (Å²) in [5.41, 5.74) is -0.473. The second kappa shape index (κ2) is 3.84. The third-order valence-corrected chi connectivity index (χ3v) is 1.94. The first-order chi connectivity index (χ1) is 6.84. The molecule has 1 aromatic heterocycles. The number of carbonyl (C=O) groups excluding carboxylic acids is 2. The summed E-state index contributed by atoms with van der Waals surface area (Å²) in [5.74, 6) is 0.566. The molecule has 1 heterocycles. The van der Waals surface area contributed by atoms with E-state index in [9.17, 15) is 9.59 Å². The van der Waals surface area contributed by atoms with Gasteiger partial charge in [-0.05, 0) is 0 Å². The summed E-state index contributed by atoms with van der Waals surface area (Å²) in [6.45, 7) is 5.43. The normalized spacial score (nSPS) is 11.2. The van der Waals surface area contributed by atoms with Gasteiger partial charge in [0.2, 0.25) is 5.91 Å². The van der Waals surface area contributed by atoms with E-state index in [2.05, 4.69) is 10.3 Å². The lowest BCUT2D eigenvalue weighted by atomic mass is 9.96. The number of aromatic nitrogens is 2. The van der Waals surface area contributed by atoms with E-state index >= 15 is 0 Å². The molecule has 1 N–H and O–H groups in total. The van der Waals surface area contributed by atoms with E-state index in [0.29, 0.717) is 17.9 Å². The summed E-state index contributed by atoms with van der Waals surface area (Å²) in [6, 6.07) is 0. The second-order valence-corrected chi connectivity index (χ2v) is 4.42. The fraction of sp³-hybridized carbons (Fsp3) is 0.500. The van der Waals surface area contributed by atoms with Gasteiger partial charge in [-0.15, -0.1) is 0 Å². The summed E-state index contributed by atoms with van der Waals surface area (Å²) in [6.07, 6.45) is 2.25. The van der Waals surface area contributed by atoms with Crippen molar-refractivity contribution in [3.05, 3.63) is 12.0 Å². The van der Waals surface area contributed by atoms with Crippen molar-refractivity contribution >= 4 is 18.0 Å². The molecule has 15 heavy (non-hydrogen) atoms. The van der Waals surface area contributed by atoms with Crippen LogP contribution in [-0.2, 0) is 11.8 Å². The Balaban J connectivity index is 2.82. The van der Waals surface area contributed by atoms with Gasteiger partial charge in [0.05, 0.1) is 0 Å². The van der Waals surface area contributed by atoms with Crippen LogP contribution in [0, 0.1) is 5.41 Å². The fourth-order valence-electron chi connectivity index (χ4n) is 0.954. The fourth-order valence-corrected chi connectivity index (χ4v) is 0.954. The highest BCUT2D eigenvalue weighted by Crippen LogP contribution is 2.16. The smallest absolute Gasteiger partial charge is 0.230 e. The number of hydrogen-bond acceptors (Lipinski definition) is 3. The number of nitrogens with one attached hydrogen (secondary N) is 1. The Morgan fingerprint density at radius 2 is 2.13 bits per heavy atom. The molecule has 0 aliphatic rings. The first-order valence-electron chi connectivity index (χ1n) is 4.64. The van der Waals surface area contributed by atoms with Gasteiger partial charge in [-0.2, -0.15) is 0 Å². The summed E-state index contributed by atoms with van der Waals surface area (Å²) < 4.78 is 1.56. The third kappa shape index (κ3) is 2.65. The molecule has 0 unspecified atom stereocenters. The number of rotatable bonds is 2. The Morgan fingerprint density at radius 3 is 2.53 bits per heavy atom. The van der Waals surface area contributed by atoms with Crippen LogP contribution in [0.5, 0.6) is 0 Å². The van der Waals surface area contributed by atoms with Gasteiger partial charge in [0.15, 0.2) is 17.9 Å². The molecular formula is C10H15N3O2. The van der Waals surface area contributed by atoms with Crippen molar-refractivity contribution in [2.75, 3.05) is 5.32 Å². The molecule has 82 valence electrons. The highest BCUT2D eigenvalue weighted by atomic mass is 16.2. The van der Waals surface area contributed by atoms with Crippen molar-refractivity contribution in [2.45, 2.75) is 20.8 Å². The molecule has 1 aromatic rings. The Morgan fingerprint density at radius 1 is 1.53 bits per heavy atom. The van der Waals surface area contributed by atoms with Gasteiger partial charge in [-0.25, -0.2) is 4.98 Å². The van der Waals surface area contributed by atoms with Gasteiger partial charge in [0.25, 0.3) is 0 Å². The van der Waals surface area contributed by atoms with E-state index < -0.39 is 5.41 Å². The van der Waals surface area contributed by atoms with E-state index in [0.717, 1.165) is 0 Å². The highest BCUT2D eigenvalue weighted by Gasteiger charge is 2.22. The molecule has 1 rings (SSSR count). The number of amides is 1. The molecule has 1 amide bonds. The summed E-state index contributed by atoms with van der Waals surface area (Å²) in [5, 5.41) is 2.65. The van der Waals surface area contributed by atoms with Crippen molar-refractivity contribution < 1.29 is 9.59 Å². The van der Waals surface area contributed by atoms with E-state index in [4.69, 9.17) is 0 Å². The van der Waals surface area contributed by atoms with Crippen molar-refractivity contribution in [3.63, 3.8) is 0 Å². The molecule has 0 atom stereocenters. The Bertz CT molecular complexity index is 388. The first kappa shape index (κ1) is 11.4. The Labute approximate surface area is 88.5 Å². The van der Waals surface area contributed by atoms with E-state index in [1.807, 2.05) is 20.8 Å². The quantitative estimate of drug-likeness (QED) is 0.745. The predicted molar refractivity (Wildman–Crippen MR) is 56.7 cm³/mol. The van der Waals surface area contributed by atoms with Gasteiger partial charge in [0, 0.05) is 18.7 Å². The van der Waals surface area contributed by atoms with Crippen molar-refractivity contribution in [3.8, 4) is 0 Å².